The Labute approximate surface area is 110 Å². The van der Waals surface area contributed by atoms with Crippen LogP contribution in [-0.4, -0.2) is 19.2 Å². The Balaban J connectivity index is 2.62. The average Bonchev–Trinajstić information content (AvgIpc) is 2.27. The summed E-state index contributed by atoms with van der Waals surface area (Å²) in [6.07, 6.45) is 1.17. The Morgan fingerprint density at radius 1 is 1.44 bits per heavy atom. The minimum absolute atomic E-state index is 0.192. The van der Waals surface area contributed by atoms with Crippen molar-refractivity contribution in [1.29, 1.82) is 0 Å². The summed E-state index contributed by atoms with van der Waals surface area (Å²) < 4.78 is 6.78. The largest absolute Gasteiger partial charge is 0.488 e. The van der Waals surface area contributed by atoms with E-state index in [0.717, 1.165) is 29.7 Å². The van der Waals surface area contributed by atoms with Gasteiger partial charge in [0.05, 0.1) is 4.47 Å². The summed E-state index contributed by atoms with van der Waals surface area (Å²) in [7, 11) is 0. The molecular weight excluding hydrogens is 289 g/mol. The lowest BCUT2D eigenvalue weighted by Crippen LogP contribution is -2.30. The SMILES string of the molecule is CCNCC(CC)Oc1ccc(Cl)cc1Br. The molecule has 0 radical (unpaired) electrons. The van der Waals surface area contributed by atoms with Crippen molar-refractivity contribution in [3.05, 3.63) is 27.7 Å². The van der Waals surface area contributed by atoms with Gasteiger partial charge in [0, 0.05) is 11.6 Å². The monoisotopic (exact) mass is 305 g/mol. The highest BCUT2D eigenvalue weighted by Gasteiger charge is 2.09. The van der Waals surface area contributed by atoms with Crippen LogP contribution in [-0.2, 0) is 0 Å². The quantitative estimate of drug-likeness (QED) is 0.861. The fraction of sp³-hybridized carbons (Fsp3) is 0.500. The third-order valence-corrected chi connectivity index (χ3v) is 3.12. The highest BCUT2D eigenvalue weighted by Crippen LogP contribution is 2.28. The smallest absolute Gasteiger partial charge is 0.134 e. The van der Waals surface area contributed by atoms with E-state index in [2.05, 4.69) is 35.1 Å². The second kappa shape index (κ2) is 7.15. The summed E-state index contributed by atoms with van der Waals surface area (Å²) in [6, 6.07) is 5.57. The van der Waals surface area contributed by atoms with E-state index < -0.39 is 0 Å². The molecule has 1 aromatic carbocycles. The van der Waals surface area contributed by atoms with E-state index in [4.69, 9.17) is 16.3 Å². The minimum atomic E-state index is 0.192. The van der Waals surface area contributed by atoms with Crippen LogP contribution in [0.3, 0.4) is 0 Å². The molecule has 90 valence electrons. The Hall–Kier alpha value is -0.250. The number of benzene rings is 1. The van der Waals surface area contributed by atoms with E-state index in [1.54, 1.807) is 0 Å². The lowest BCUT2D eigenvalue weighted by molar-refractivity contribution is 0.193. The maximum Gasteiger partial charge on any atom is 0.134 e. The average molecular weight is 307 g/mol. The number of hydrogen-bond acceptors (Lipinski definition) is 2. The molecule has 1 N–H and O–H groups in total. The van der Waals surface area contributed by atoms with Crippen molar-refractivity contribution in [2.24, 2.45) is 0 Å². The summed E-state index contributed by atoms with van der Waals surface area (Å²) >= 11 is 9.32. The fourth-order valence-electron chi connectivity index (χ4n) is 1.33. The van der Waals surface area contributed by atoms with E-state index in [-0.39, 0.29) is 6.10 Å². The van der Waals surface area contributed by atoms with Crippen molar-refractivity contribution in [2.75, 3.05) is 13.1 Å². The van der Waals surface area contributed by atoms with Crippen molar-refractivity contribution >= 4 is 27.5 Å². The zero-order valence-corrected chi connectivity index (χ0v) is 11.9. The van der Waals surface area contributed by atoms with Crippen LogP contribution in [0.5, 0.6) is 5.75 Å². The maximum atomic E-state index is 5.88. The van der Waals surface area contributed by atoms with E-state index in [1.165, 1.54) is 0 Å². The zero-order valence-electron chi connectivity index (χ0n) is 9.59. The van der Waals surface area contributed by atoms with Crippen molar-refractivity contribution < 1.29 is 4.74 Å². The van der Waals surface area contributed by atoms with Gasteiger partial charge in [-0.2, -0.15) is 0 Å². The summed E-state index contributed by atoms with van der Waals surface area (Å²) in [4.78, 5) is 0. The normalized spacial score (nSPS) is 12.5. The molecule has 0 fully saturated rings. The first-order chi connectivity index (χ1) is 7.67. The topological polar surface area (TPSA) is 21.3 Å². The van der Waals surface area contributed by atoms with Gasteiger partial charge in [-0.25, -0.2) is 0 Å². The summed E-state index contributed by atoms with van der Waals surface area (Å²) in [5, 5.41) is 3.99. The molecule has 0 saturated carbocycles. The molecule has 0 heterocycles. The molecule has 1 aromatic rings. The number of hydrogen-bond donors (Lipinski definition) is 1. The van der Waals surface area contributed by atoms with Gasteiger partial charge in [0.1, 0.15) is 11.9 Å². The molecule has 0 aliphatic carbocycles. The van der Waals surface area contributed by atoms with Gasteiger partial charge in [0.15, 0.2) is 0 Å². The van der Waals surface area contributed by atoms with E-state index in [9.17, 15) is 0 Å². The van der Waals surface area contributed by atoms with Crippen LogP contribution < -0.4 is 10.1 Å². The Morgan fingerprint density at radius 3 is 2.75 bits per heavy atom. The second-order valence-corrected chi connectivity index (χ2v) is 4.82. The summed E-state index contributed by atoms with van der Waals surface area (Å²) in [5.41, 5.74) is 0. The van der Waals surface area contributed by atoms with Crippen LogP contribution >= 0.6 is 27.5 Å². The first-order valence-electron chi connectivity index (χ1n) is 5.49. The van der Waals surface area contributed by atoms with Gasteiger partial charge in [0.25, 0.3) is 0 Å². The Bertz CT molecular complexity index is 333. The van der Waals surface area contributed by atoms with Crippen LogP contribution in [0.1, 0.15) is 20.3 Å². The second-order valence-electron chi connectivity index (χ2n) is 3.53. The lowest BCUT2D eigenvalue weighted by Gasteiger charge is -2.18. The van der Waals surface area contributed by atoms with Crippen molar-refractivity contribution in [1.82, 2.24) is 5.32 Å². The maximum absolute atomic E-state index is 5.88. The van der Waals surface area contributed by atoms with E-state index >= 15 is 0 Å². The van der Waals surface area contributed by atoms with Crippen molar-refractivity contribution in [2.45, 2.75) is 26.4 Å². The van der Waals surface area contributed by atoms with Gasteiger partial charge in [-0.05, 0) is 47.1 Å². The third-order valence-electron chi connectivity index (χ3n) is 2.26. The van der Waals surface area contributed by atoms with Gasteiger partial charge in [0.2, 0.25) is 0 Å². The predicted octanol–water partition coefficient (Wildman–Crippen LogP) is 3.87. The Kier molecular flexibility index (Phi) is 6.17. The summed E-state index contributed by atoms with van der Waals surface area (Å²) in [6.45, 7) is 6.03. The van der Waals surface area contributed by atoms with Gasteiger partial charge < -0.3 is 10.1 Å². The number of ether oxygens (including phenoxy) is 1. The van der Waals surface area contributed by atoms with Gasteiger partial charge in [-0.15, -0.1) is 0 Å². The molecule has 16 heavy (non-hydrogen) atoms. The first-order valence-corrected chi connectivity index (χ1v) is 6.66. The molecule has 0 saturated heterocycles. The number of halogens is 2. The van der Waals surface area contributed by atoms with E-state index in [0.29, 0.717) is 5.02 Å². The van der Waals surface area contributed by atoms with Gasteiger partial charge in [-0.3, -0.25) is 0 Å². The van der Waals surface area contributed by atoms with Gasteiger partial charge in [-0.1, -0.05) is 25.4 Å². The minimum Gasteiger partial charge on any atom is -0.488 e. The first kappa shape index (κ1) is 13.8. The molecule has 1 rings (SSSR count). The lowest BCUT2D eigenvalue weighted by atomic mass is 10.2. The van der Waals surface area contributed by atoms with Crippen molar-refractivity contribution in [3.63, 3.8) is 0 Å². The molecule has 4 heteroatoms. The van der Waals surface area contributed by atoms with Crippen LogP contribution in [0.4, 0.5) is 0 Å². The van der Waals surface area contributed by atoms with Crippen molar-refractivity contribution in [3.8, 4) is 5.75 Å². The van der Waals surface area contributed by atoms with E-state index in [1.807, 2.05) is 18.2 Å². The molecular formula is C12H17BrClNO. The number of nitrogens with one attached hydrogen (secondary N) is 1. The zero-order chi connectivity index (χ0) is 12.0. The fourth-order valence-corrected chi connectivity index (χ4v) is 2.10. The molecule has 0 aliphatic heterocycles. The van der Waals surface area contributed by atoms with Crippen LogP contribution in [0.2, 0.25) is 5.02 Å². The molecule has 2 nitrogen and oxygen atoms in total. The van der Waals surface area contributed by atoms with Crippen LogP contribution in [0.15, 0.2) is 22.7 Å². The third kappa shape index (κ3) is 4.32. The van der Waals surface area contributed by atoms with Crippen LogP contribution in [0.25, 0.3) is 0 Å². The molecule has 0 aromatic heterocycles. The molecule has 0 amide bonds. The molecule has 0 bridgehead atoms. The molecule has 1 atom stereocenters. The molecule has 0 aliphatic rings. The van der Waals surface area contributed by atoms with Crippen LogP contribution in [0, 0.1) is 0 Å². The number of likely N-dealkylation sites (N-methyl/N-ethyl adjacent to an activating group) is 1. The highest BCUT2D eigenvalue weighted by molar-refractivity contribution is 9.10. The number of rotatable bonds is 6. The highest BCUT2D eigenvalue weighted by atomic mass is 79.9. The standard InChI is InChI=1S/C12H17BrClNO/c1-3-10(8-15-4-2)16-12-6-5-9(14)7-11(12)13/h5-7,10,15H,3-4,8H2,1-2H3. The predicted molar refractivity (Wildman–Crippen MR) is 72.4 cm³/mol. The summed E-state index contributed by atoms with van der Waals surface area (Å²) in [5.74, 6) is 0.842. The molecule has 0 spiro atoms. The Morgan fingerprint density at radius 2 is 2.19 bits per heavy atom. The van der Waals surface area contributed by atoms with Gasteiger partial charge >= 0.3 is 0 Å². The molecule has 1 unspecified atom stereocenters.